The molecule has 0 fully saturated rings. The molecule has 0 aliphatic carbocycles. The second kappa shape index (κ2) is 8.03. The Kier molecular flexibility index (Phi) is 6.58. The second-order valence-corrected chi connectivity index (χ2v) is 3.98. The van der Waals surface area contributed by atoms with Gasteiger partial charge in [-0.25, -0.2) is 4.98 Å². The van der Waals surface area contributed by atoms with Gasteiger partial charge in [0.05, 0.1) is 6.61 Å². The quantitative estimate of drug-likeness (QED) is 0.702. The number of nitrogens with one attached hydrogen (secondary N) is 1. The Morgan fingerprint density at radius 1 is 1.41 bits per heavy atom. The van der Waals surface area contributed by atoms with E-state index in [1.165, 1.54) is 5.56 Å². The average Bonchev–Trinajstić information content (AvgIpc) is 2.32. The van der Waals surface area contributed by atoms with Crippen molar-refractivity contribution in [3.8, 4) is 0 Å². The Hall–Kier alpha value is -1.13. The van der Waals surface area contributed by atoms with E-state index in [1.54, 1.807) is 0 Å². The highest BCUT2D eigenvalue weighted by molar-refractivity contribution is 5.43. The van der Waals surface area contributed by atoms with Crippen molar-refractivity contribution in [2.24, 2.45) is 0 Å². The highest BCUT2D eigenvalue weighted by Gasteiger charge is 2.05. The van der Waals surface area contributed by atoms with Crippen molar-refractivity contribution in [1.82, 2.24) is 9.88 Å². The first kappa shape index (κ1) is 13.9. The summed E-state index contributed by atoms with van der Waals surface area (Å²) in [5.41, 5.74) is 1.23. The van der Waals surface area contributed by atoms with Gasteiger partial charge in [0.25, 0.3) is 0 Å². The lowest BCUT2D eigenvalue weighted by Crippen LogP contribution is -2.23. The summed E-state index contributed by atoms with van der Waals surface area (Å²) < 4.78 is 5.35. The van der Waals surface area contributed by atoms with Gasteiger partial charge in [-0.2, -0.15) is 0 Å². The van der Waals surface area contributed by atoms with Crippen LogP contribution >= 0.6 is 0 Å². The molecule has 0 saturated carbocycles. The van der Waals surface area contributed by atoms with Gasteiger partial charge < -0.3 is 10.1 Å². The zero-order valence-corrected chi connectivity index (χ0v) is 11.1. The minimum absolute atomic E-state index is 0.781. The van der Waals surface area contributed by atoms with Gasteiger partial charge in [0.15, 0.2) is 0 Å². The molecule has 96 valence electrons. The second-order valence-electron chi connectivity index (χ2n) is 3.98. The summed E-state index contributed by atoms with van der Waals surface area (Å²) in [6, 6.07) is 4.09. The fraction of sp³-hybridized carbons (Fsp3) is 0.615. The van der Waals surface area contributed by atoms with Crippen molar-refractivity contribution in [1.29, 1.82) is 0 Å². The third kappa shape index (κ3) is 5.15. The van der Waals surface area contributed by atoms with Gasteiger partial charge in [-0.3, -0.25) is 4.90 Å². The Labute approximate surface area is 104 Å². The fourth-order valence-corrected chi connectivity index (χ4v) is 1.63. The normalized spacial score (nSPS) is 10.8. The van der Waals surface area contributed by atoms with Crippen molar-refractivity contribution >= 4 is 5.82 Å². The van der Waals surface area contributed by atoms with Crippen LogP contribution in [-0.4, -0.2) is 43.2 Å². The van der Waals surface area contributed by atoms with Crippen LogP contribution in [0.3, 0.4) is 0 Å². The predicted molar refractivity (Wildman–Crippen MR) is 71.2 cm³/mol. The molecule has 0 spiro atoms. The lowest BCUT2D eigenvalue weighted by molar-refractivity contribution is 0.120. The van der Waals surface area contributed by atoms with E-state index in [9.17, 15) is 0 Å². The van der Waals surface area contributed by atoms with Gasteiger partial charge in [0.2, 0.25) is 0 Å². The van der Waals surface area contributed by atoms with Crippen LogP contribution in [0.5, 0.6) is 0 Å². The van der Waals surface area contributed by atoms with E-state index < -0.39 is 0 Å². The number of hydrogen-bond acceptors (Lipinski definition) is 4. The van der Waals surface area contributed by atoms with Crippen LogP contribution in [0.25, 0.3) is 0 Å². The smallest absolute Gasteiger partial charge is 0.130 e. The van der Waals surface area contributed by atoms with E-state index in [1.807, 2.05) is 19.2 Å². The van der Waals surface area contributed by atoms with Crippen LogP contribution < -0.4 is 5.32 Å². The van der Waals surface area contributed by atoms with Crippen molar-refractivity contribution in [2.45, 2.75) is 20.4 Å². The summed E-state index contributed by atoms with van der Waals surface area (Å²) in [7, 11) is 2.10. The van der Waals surface area contributed by atoms with Crippen molar-refractivity contribution in [3.63, 3.8) is 0 Å². The van der Waals surface area contributed by atoms with Gasteiger partial charge in [0, 0.05) is 38.0 Å². The highest BCUT2D eigenvalue weighted by Crippen LogP contribution is 2.12. The monoisotopic (exact) mass is 237 g/mol. The Morgan fingerprint density at radius 2 is 2.24 bits per heavy atom. The molecule has 0 radical (unpaired) electrons. The molecule has 0 saturated heterocycles. The summed E-state index contributed by atoms with van der Waals surface area (Å²) in [6.07, 6.45) is 1.82. The van der Waals surface area contributed by atoms with E-state index in [2.05, 4.69) is 35.2 Å². The molecule has 0 aliphatic rings. The maximum absolute atomic E-state index is 5.35. The molecule has 17 heavy (non-hydrogen) atoms. The zero-order valence-electron chi connectivity index (χ0n) is 11.1. The molecule has 4 heteroatoms. The number of ether oxygens (including phenoxy) is 1. The Morgan fingerprint density at radius 3 is 2.94 bits per heavy atom. The molecule has 1 N–H and O–H groups in total. The molecule has 1 aromatic heterocycles. The molecule has 0 aromatic carbocycles. The molecule has 1 heterocycles. The third-order valence-corrected chi connectivity index (χ3v) is 2.50. The molecule has 0 atom stereocenters. The molecule has 0 amide bonds. The topological polar surface area (TPSA) is 37.4 Å². The van der Waals surface area contributed by atoms with Crippen molar-refractivity contribution in [2.75, 3.05) is 38.7 Å². The van der Waals surface area contributed by atoms with E-state index in [0.717, 1.165) is 38.7 Å². The molecule has 0 bridgehead atoms. The number of nitrogens with zero attached hydrogens (tertiary/aromatic N) is 2. The standard InChI is InChI=1S/C13H23N3O/c1-4-14-13-12(7-6-8-15-13)11-16(3)9-10-17-5-2/h6-8H,4-5,9-11H2,1-3H3,(H,14,15). The number of rotatable bonds is 8. The SMILES string of the molecule is CCNc1ncccc1CN(C)CCOCC. The molecular weight excluding hydrogens is 214 g/mol. The van der Waals surface area contributed by atoms with Crippen LogP contribution in [0.2, 0.25) is 0 Å². The van der Waals surface area contributed by atoms with Crippen LogP contribution in [0.4, 0.5) is 5.82 Å². The first-order valence-electron chi connectivity index (χ1n) is 6.22. The van der Waals surface area contributed by atoms with E-state index >= 15 is 0 Å². The van der Waals surface area contributed by atoms with Crippen molar-refractivity contribution < 1.29 is 4.74 Å². The Balaban J connectivity index is 2.48. The van der Waals surface area contributed by atoms with E-state index in [4.69, 9.17) is 4.74 Å². The average molecular weight is 237 g/mol. The first-order valence-corrected chi connectivity index (χ1v) is 6.22. The number of hydrogen-bond donors (Lipinski definition) is 1. The fourth-order valence-electron chi connectivity index (χ4n) is 1.63. The molecular formula is C13H23N3O. The van der Waals surface area contributed by atoms with Crippen LogP contribution in [0.1, 0.15) is 19.4 Å². The molecule has 1 aromatic rings. The lowest BCUT2D eigenvalue weighted by Gasteiger charge is -2.18. The number of anilines is 1. The van der Waals surface area contributed by atoms with Gasteiger partial charge in [-0.1, -0.05) is 6.07 Å². The van der Waals surface area contributed by atoms with Crippen LogP contribution in [0, 0.1) is 0 Å². The van der Waals surface area contributed by atoms with Crippen LogP contribution in [0.15, 0.2) is 18.3 Å². The molecule has 4 nitrogen and oxygen atoms in total. The number of aromatic nitrogens is 1. The maximum Gasteiger partial charge on any atom is 0.130 e. The van der Waals surface area contributed by atoms with Crippen molar-refractivity contribution in [3.05, 3.63) is 23.9 Å². The molecule has 0 unspecified atom stereocenters. The van der Waals surface area contributed by atoms with Gasteiger partial charge in [-0.05, 0) is 27.0 Å². The number of likely N-dealkylation sites (N-methyl/N-ethyl adjacent to an activating group) is 1. The molecule has 0 aliphatic heterocycles. The van der Waals surface area contributed by atoms with Gasteiger partial charge in [-0.15, -0.1) is 0 Å². The lowest BCUT2D eigenvalue weighted by atomic mass is 10.2. The number of pyridine rings is 1. The summed E-state index contributed by atoms with van der Waals surface area (Å²) >= 11 is 0. The van der Waals surface area contributed by atoms with Gasteiger partial charge in [0.1, 0.15) is 5.82 Å². The van der Waals surface area contributed by atoms with E-state index in [-0.39, 0.29) is 0 Å². The maximum atomic E-state index is 5.35. The highest BCUT2D eigenvalue weighted by atomic mass is 16.5. The minimum atomic E-state index is 0.781. The Bertz CT molecular complexity index is 317. The van der Waals surface area contributed by atoms with Crippen LogP contribution in [-0.2, 0) is 11.3 Å². The third-order valence-electron chi connectivity index (χ3n) is 2.50. The summed E-state index contributed by atoms with van der Waals surface area (Å²) in [4.78, 5) is 6.59. The summed E-state index contributed by atoms with van der Waals surface area (Å²) in [5.74, 6) is 0.984. The first-order chi connectivity index (χ1) is 8.27. The van der Waals surface area contributed by atoms with Gasteiger partial charge >= 0.3 is 0 Å². The minimum Gasteiger partial charge on any atom is -0.380 e. The summed E-state index contributed by atoms with van der Waals surface area (Å²) in [5, 5.41) is 3.28. The predicted octanol–water partition coefficient (Wildman–Crippen LogP) is 1.98. The zero-order chi connectivity index (χ0) is 12.5. The summed E-state index contributed by atoms with van der Waals surface area (Å²) in [6.45, 7) is 8.39. The molecule has 1 rings (SSSR count). The largest absolute Gasteiger partial charge is 0.380 e. The van der Waals surface area contributed by atoms with E-state index in [0.29, 0.717) is 0 Å².